The second-order valence-electron chi connectivity index (χ2n) is 5.50. The maximum atomic E-state index is 12.3. The summed E-state index contributed by atoms with van der Waals surface area (Å²) in [6.07, 6.45) is 0. The Kier molecular flexibility index (Phi) is 5.51. The zero-order chi connectivity index (χ0) is 18.6. The highest BCUT2D eigenvalue weighted by Gasteiger charge is 2.14. The first kappa shape index (κ1) is 18.3. The van der Waals surface area contributed by atoms with Gasteiger partial charge in [-0.3, -0.25) is 4.79 Å². The van der Waals surface area contributed by atoms with E-state index in [1.807, 2.05) is 30.3 Å². The molecule has 3 aromatic rings. The summed E-state index contributed by atoms with van der Waals surface area (Å²) < 4.78 is 28.2. The highest BCUT2D eigenvalue weighted by Crippen LogP contribution is 2.15. The Balaban J connectivity index is 1.73. The summed E-state index contributed by atoms with van der Waals surface area (Å²) in [5.41, 5.74) is 1.22. The fraction of sp³-hybridized carbons (Fsp3) is 0.111. The van der Waals surface area contributed by atoms with Gasteiger partial charge in [0.1, 0.15) is 0 Å². The molecule has 0 saturated heterocycles. The van der Waals surface area contributed by atoms with Gasteiger partial charge in [-0.1, -0.05) is 48.0 Å². The first-order chi connectivity index (χ1) is 12.5. The van der Waals surface area contributed by atoms with E-state index in [1.54, 1.807) is 18.2 Å². The Labute approximate surface area is 156 Å². The first-order valence-corrected chi connectivity index (χ1v) is 9.71. The molecule has 6 nitrogen and oxygen atoms in total. The molecule has 134 valence electrons. The third-order valence-electron chi connectivity index (χ3n) is 3.66. The van der Waals surface area contributed by atoms with Crippen molar-refractivity contribution < 1.29 is 8.42 Å². The van der Waals surface area contributed by atoms with Crippen molar-refractivity contribution in [1.82, 2.24) is 14.5 Å². The molecule has 0 bridgehead atoms. The van der Waals surface area contributed by atoms with Crippen molar-refractivity contribution >= 4 is 21.6 Å². The fourth-order valence-corrected chi connectivity index (χ4v) is 3.70. The Hall–Kier alpha value is -2.48. The van der Waals surface area contributed by atoms with Crippen LogP contribution in [0.5, 0.6) is 0 Å². The Morgan fingerprint density at radius 3 is 2.50 bits per heavy atom. The number of hydrogen-bond acceptors (Lipinski definition) is 4. The van der Waals surface area contributed by atoms with Gasteiger partial charge in [-0.15, -0.1) is 0 Å². The topological polar surface area (TPSA) is 81.1 Å². The van der Waals surface area contributed by atoms with Gasteiger partial charge in [0.05, 0.1) is 17.1 Å². The van der Waals surface area contributed by atoms with Crippen LogP contribution >= 0.6 is 11.6 Å². The van der Waals surface area contributed by atoms with Crippen LogP contribution in [0.25, 0.3) is 11.3 Å². The van der Waals surface area contributed by atoms with E-state index in [2.05, 4.69) is 9.82 Å². The molecule has 0 saturated carbocycles. The van der Waals surface area contributed by atoms with E-state index in [0.717, 1.165) is 5.56 Å². The number of rotatable bonds is 6. The third kappa shape index (κ3) is 4.37. The van der Waals surface area contributed by atoms with E-state index >= 15 is 0 Å². The van der Waals surface area contributed by atoms with Crippen LogP contribution in [0.1, 0.15) is 0 Å². The van der Waals surface area contributed by atoms with E-state index in [-0.39, 0.29) is 23.5 Å². The minimum atomic E-state index is -3.71. The molecule has 2 aromatic carbocycles. The smallest absolute Gasteiger partial charge is 0.266 e. The van der Waals surface area contributed by atoms with E-state index in [4.69, 9.17) is 11.6 Å². The maximum absolute atomic E-state index is 12.3. The van der Waals surface area contributed by atoms with Crippen LogP contribution in [0.15, 0.2) is 76.4 Å². The number of hydrogen-bond donors (Lipinski definition) is 1. The molecule has 8 heteroatoms. The molecular weight excluding hydrogens is 374 g/mol. The predicted molar refractivity (Wildman–Crippen MR) is 101 cm³/mol. The van der Waals surface area contributed by atoms with Crippen molar-refractivity contribution in [3.63, 3.8) is 0 Å². The molecule has 1 N–H and O–H groups in total. The Morgan fingerprint density at radius 2 is 1.77 bits per heavy atom. The van der Waals surface area contributed by atoms with Gasteiger partial charge in [-0.2, -0.15) is 5.10 Å². The van der Waals surface area contributed by atoms with E-state index in [0.29, 0.717) is 10.7 Å². The zero-order valence-electron chi connectivity index (χ0n) is 13.7. The molecule has 3 rings (SSSR count). The molecule has 0 aliphatic carbocycles. The molecule has 0 atom stereocenters. The highest BCUT2D eigenvalue weighted by molar-refractivity contribution is 7.89. The van der Waals surface area contributed by atoms with Crippen molar-refractivity contribution in [2.24, 2.45) is 0 Å². The number of halogens is 1. The van der Waals surface area contributed by atoms with Crippen LogP contribution in [-0.4, -0.2) is 24.7 Å². The van der Waals surface area contributed by atoms with Gasteiger partial charge in [-0.25, -0.2) is 17.8 Å². The maximum Gasteiger partial charge on any atom is 0.266 e. The van der Waals surface area contributed by atoms with Gasteiger partial charge >= 0.3 is 0 Å². The summed E-state index contributed by atoms with van der Waals surface area (Å²) >= 11 is 5.83. The van der Waals surface area contributed by atoms with Crippen LogP contribution < -0.4 is 10.3 Å². The molecule has 0 amide bonds. The lowest BCUT2D eigenvalue weighted by molar-refractivity contribution is 0.549. The Bertz CT molecular complexity index is 1070. The number of sulfonamides is 1. The molecule has 0 radical (unpaired) electrons. The van der Waals surface area contributed by atoms with Crippen LogP contribution in [0.2, 0.25) is 5.02 Å². The summed E-state index contributed by atoms with van der Waals surface area (Å²) in [5.74, 6) is 0. The number of nitrogens with one attached hydrogen (secondary N) is 1. The van der Waals surface area contributed by atoms with Crippen LogP contribution in [0, 0.1) is 0 Å². The van der Waals surface area contributed by atoms with Gasteiger partial charge in [-0.05, 0) is 24.3 Å². The summed E-state index contributed by atoms with van der Waals surface area (Å²) in [6.45, 7) is 0.138. The van der Waals surface area contributed by atoms with Gasteiger partial charge in [0.25, 0.3) is 5.56 Å². The Morgan fingerprint density at radius 1 is 1.00 bits per heavy atom. The number of benzene rings is 2. The molecular formula is C18H16ClN3O3S. The number of nitrogens with zero attached hydrogens (tertiary/aromatic N) is 2. The van der Waals surface area contributed by atoms with Crippen LogP contribution in [-0.2, 0) is 16.6 Å². The second kappa shape index (κ2) is 7.82. The van der Waals surface area contributed by atoms with Crippen molar-refractivity contribution in [3.05, 3.63) is 82.1 Å². The van der Waals surface area contributed by atoms with Crippen molar-refractivity contribution in [2.75, 3.05) is 6.54 Å². The lowest BCUT2D eigenvalue weighted by atomic mass is 10.1. The standard InChI is InChI=1S/C18H16ClN3O3S/c19-15-7-4-8-16(13-15)26(24,25)20-11-12-22-18(23)10-9-17(21-22)14-5-2-1-3-6-14/h1-10,13,20H,11-12H2. The lowest BCUT2D eigenvalue weighted by Gasteiger charge is -2.09. The normalized spacial score (nSPS) is 11.4. The number of aromatic nitrogens is 2. The molecule has 0 fully saturated rings. The average molecular weight is 390 g/mol. The summed E-state index contributed by atoms with van der Waals surface area (Å²) in [5, 5.41) is 4.63. The second-order valence-corrected chi connectivity index (χ2v) is 7.70. The lowest BCUT2D eigenvalue weighted by Crippen LogP contribution is -2.32. The molecule has 0 aliphatic heterocycles. The van der Waals surface area contributed by atoms with E-state index < -0.39 is 10.0 Å². The highest BCUT2D eigenvalue weighted by atomic mass is 35.5. The van der Waals surface area contributed by atoms with Crippen LogP contribution in [0.4, 0.5) is 0 Å². The monoisotopic (exact) mass is 389 g/mol. The first-order valence-electron chi connectivity index (χ1n) is 7.84. The minimum absolute atomic E-state index is 0.0278. The van der Waals surface area contributed by atoms with Crippen molar-refractivity contribution in [3.8, 4) is 11.3 Å². The minimum Gasteiger partial charge on any atom is -0.268 e. The summed E-state index contributed by atoms with van der Waals surface area (Å²) in [4.78, 5) is 12.1. The molecule has 0 unspecified atom stereocenters. The largest absolute Gasteiger partial charge is 0.268 e. The van der Waals surface area contributed by atoms with Gasteiger partial charge in [0.2, 0.25) is 10.0 Å². The molecule has 1 heterocycles. The molecule has 0 aliphatic rings. The molecule has 26 heavy (non-hydrogen) atoms. The van der Waals surface area contributed by atoms with Crippen molar-refractivity contribution in [2.45, 2.75) is 11.4 Å². The van der Waals surface area contributed by atoms with Gasteiger partial charge in [0.15, 0.2) is 0 Å². The summed E-state index contributed by atoms with van der Waals surface area (Å²) in [7, 11) is -3.71. The third-order valence-corrected chi connectivity index (χ3v) is 5.35. The molecule has 1 aromatic heterocycles. The van der Waals surface area contributed by atoms with Crippen molar-refractivity contribution in [1.29, 1.82) is 0 Å². The fourth-order valence-electron chi connectivity index (χ4n) is 2.38. The van der Waals surface area contributed by atoms with Gasteiger partial charge < -0.3 is 0 Å². The SMILES string of the molecule is O=c1ccc(-c2ccccc2)nn1CCNS(=O)(=O)c1cccc(Cl)c1. The van der Waals surface area contributed by atoms with Crippen LogP contribution in [0.3, 0.4) is 0 Å². The average Bonchev–Trinajstić information content (AvgIpc) is 2.64. The molecule has 0 spiro atoms. The quantitative estimate of drug-likeness (QED) is 0.702. The van der Waals surface area contributed by atoms with E-state index in [1.165, 1.54) is 22.9 Å². The summed E-state index contributed by atoms with van der Waals surface area (Å²) in [6, 6.07) is 18.5. The van der Waals surface area contributed by atoms with E-state index in [9.17, 15) is 13.2 Å². The predicted octanol–water partition coefficient (Wildman–Crippen LogP) is 2.54. The van der Waals surface area contributed by atoms with Gasteiger partial charge in [0, 0.05) is 23.2 Å². The zero-order valence-corrected chi connectivity index (χ0v) is 15.2.